The first-order valence-electron chi connectivity index (χ1n) is 1.80. The van der Waals surface area contributed by atoms with Gasteiger partial charge in [0.2, 0.25) is 5.91 Å². The summed E-state index contributed by atoms with van der Waals surface area (Å²) < 4.78 is 0. The van der Waals surface area contributed by atoms with E-state index in [1.165, 1.54) is 0 Å². The molecule has 0 atom stereocenters. The molecule has 0 bridgehead atoms. The second-order valence-electron chi connectivity index (χ2n) is 1.17. The van der Waals surface area contributed by atoms with Gasteiger partial charge in [0.05, 0.1) is 0 Å². The zero-order chi connectivity index (χ0) is 5.28. The van der Waals surface area contributed by atoms with Crippen LogP contribution in [0.4, 0.5) is 0 Å². The average molecular weight is 115 g/mol. The summed E-state index contributed by atoms with van der Waals surface area (Å²) in [6.45, 7) is 0.207. The highest BCUT2D eigenvalue weighted by atomic mass is 32.1. The molecule has 0 aromatic rings. The van der Waals surface area contributed by atoms with Gasteiger partial charge in [-0.15, -0.1) is 0 Å². The van der Waals surface area contributed by atoms with Crippen LogP contribution in [0.3, 0.4) is 0 Å². The monoisotopic (exact) mass is 115 g/mol. The van der Waals surface area contributed by atoms with Gasteiger partial charge in [-0.25, -0.2) is 0 Å². The number of hydrogen-bond donors (Lipinski definition) is 1. The molecule has 1 rings (SSSR count). The van der Waals surface area contributed by atoms with Crippen LogP contribution < -0.4 is 5.32 Å². The second kappa shape index (κ2) is 1.46. The van der Waals surface area contributed by atoms with Crippen molar-refractivity contribution in [2.24, 2.45) is 4.99 Å². The van der Waals surface area contributed by atoms with Crippen LogP contribution in [0.1, 0.15) is 0 Å². The maximum absolute atomic E-state index is 10.2. The Hall–Kier alpha value is -0.640. The first-order chi connectivity index (χ1) is 3.29. The van der Waals surface area contributed by atoms with Crippen LogP contribution in [-0.2, 0) is 17.4 Å². The van der Waals surface area contributed by atoms with Crippen LogP contribution in [0.15, 0.2) is 4.99 Å². The zero-order valence-electron chi connectivity index (χ0n) is 3.47. The third kappa shape index (κ3) is 0.866. The maximum atomic E-state index is 10.2. The van der Waals surface area contributed by atoms with Crippen molar-refractivity contribution in [1.82, 2.24) is 5.32 Å². The molecule has 0 saturated heterocycles. The SMILES string of the molecule is O=C1CN=C([S-])N1. The molecule has 1 heterocycles. The van der Waals surface area contributed by atoms with Crippen LogP contribution in [0.5, 0.6) is 0 Å². The fourth-order valence-corrected chi connectivity index (χ4v) is 0.520. The molecule has 0 saturated carbocycles. The summed E-state index contributed by atoms with van der Waals surface area (Å²) in [7, 11) is 0. The van der Waals surface area contributed by atoms with Gasteiger partial charge in [0.25, 0.3) is 0 Å². The van der Waals surface area contributed by atoms with E-state index in [9.17, 15) is 4.79 Å². The molecule has 0 aliphatic carbocycles. The number of amidine groups is 1. The Labute approximate surface area is 46.2 Å². The van der Waals surface area contributed by atoms with E-state index in [0.717, 1.165) is 0 Å². The Morgan fingerprint density at radius 3 is 2.71 bits per heavy atom. The normalized spacial score (nSPS) is 18.9. The van der Waals surface area contributed by atoms with Crippen molar-refractivity contribution in [1.29, 1.82) is 0 Å². The molecular formula is C3H3N2OS-. The standard InChI is InChI=1S/C3H4N2OS/c6-2-1-4-3(7)5-2/h1H2,(H2,4,5,6,7)/p-1. The molecule has 4 heteroatoms. The summed E-state index contributed by atoms with van der Waals surface area (Å²) >= 11 is 4.50. The fraction of sp³-hybridized carbons (Fsp3) is 0.333. The van der Waals surface area contributed by atoms with Crippen LogP contribution in [0.25, 0.3) is 0 Å². The average Bonchev–Trinajstić information content (AvgIpc) is 1.87. The van der Waals surface area contributed by atoms with Gasteiger partial charge in [-0.05, 0) is 5.17 Å². The van der Waals surface area contributed by atoms with E-state index in [0.29, 0.717) is 5.17 Å². The van der Waals surface area contributed by atoms with E-state index in [1.54, 1.807) is 0 Å². The topological polar surface area (TPSA) is 41.5 Å². The third-order valence-corrected chi connectivity index (χ3v) is 0.844. The Balaban J connectivity index is 2.58. The fourth-order valence-electron chi connectivity index (χ4n) is 0.342. The van der Waals surface area contributed by atoms with Gasteiger partial charge in [0.15, 0.2) is 0 Å². The lowest BCUT2D eigenvalue weighted by Gasteiger charge is -1.99. The number of nitrogens with zero attached hydrogens (tertiary/aromatic N) is 1. The first kappa shape index (κ1) is 4.52. The molecule has 3 nitrogen and oxygen atoms in total. The molecule has 0 spiro atoms. The third-order valence-electron chi connectivity index (χ3n) is 0.613. The summed E-state index contributed by atoms with van der Waals surface area (Å²) in [5.74, 6) is -0.106. The first-order valence-corrected chi connectivity index (χ1v) is 2.21. The van der Waals surface area contributed by atoms with Gasteiger partial charge in [-0.1, -0.05) is 0 Å². The summed E-state index contributed by atoms with van der Waals surface area (Å²) in [6.07, 6.45) is 0. The summed E-state index contributed by atoms with van der Waals surface area (Å²) in [6, 6.07) is 0. The van der Waals surface area contributed by atoms with Crippen molar-refractivity contribution in [3.63, 3.8) is 0 Å². The smallest absolute Gasteiger partial charge is 0.245 e. The molecule has 1 amide bonds. The Morgan fingerprint density at radius 2 is 2.57 bits per heavy atom. The predicted octanol–water partition coefficient (Wildman–Crippen LogP) is -0.981. The predicted molar refractivity (Wildman–Crippen MR) is 27.8 cm³/mol. The zero-order valence-corrected chi connectivity index (χ0v) is 4.29. The Bertz CT molecular complexity index is 131. The highest BCUT2D eigenvalue weighted by Gasteiger charge is 2.01. The van der Waals surface area contributed by atoms with Crippen LogP contribution in [0.2, 0.25) is 0 Å². The lowest BCUT2D eigenvalue weighted by Crippen LogP contribution is -2.22. The van der Waals surface area contributed by atoms with Crippen LogP contribution in [0, 0.1) is 0 Å². The van der Waals surface area contributed by atoms with E-state index < -0.39 is 0 Å². The minimum absolute atomic E-state index is 0.106. The molecule has 1 N–H and O–H groups in total. The molecule has 1 aliphatic rings. The van der Waals surface area contributed by atoms with Gasteiger partial charge in [-0.2, -0.15) is 0 Å². The number of nitrogens with one attached hydrogen (secondary N) is 1. The van der Waals surface area contributed by atoms with Gasteiger partial charge < -0.3 is 17.9 Å². The number of rotatable bonds is 0. The molecule has 38 valence electrons. The Kier molecular flexibility index (Phi) is 0.941. The van der Waals surface area contributed by atoms with E-state index in [4.69, 9.17) is 0 Å². The highest BCUT2D eigenvalue weighted by molar-refractivity contribution is 7.77. The number of carbonyl (C=O) groups excluding carboxylic acids is 1. The molecule has 1 aliphatic heterocycles. The summed E-state index contributed by atoms with van der Waals surface area (Å²) in [5, 5.41) is 2.65. The Morgan fingerprint density at radius 1 is 1.86 bits per heavy atom. The van der Waals surface area contributed by atoms with Crippen molar-refractivity contribution in [3.8, 4) is 0 Å². The van der Waals surface area contributed by atoms with Crippen LogP contribution >= 0.6 is 0 Å². The van der Waals surface area contributed by atoms with Gasteiger partial charge in [-0.3, -0.25) is 9.79 Å². The van der Waals surface area contributed by atoms with E-state index in [1.807, 2.05) is 0 Å². The lowest BCUT2D eigenvalue weighted by molar-refractivity contribution is -0.117. The van der Waals surface area contributed by atoms with Gasteiger partial charge in [0, 0.05) is 0 Å². The second-order valence-corrected chi connectivity index (χ2v) is 1.56. The molecule has 0 aromatic heterocycles. The molecule has 7 heavy (non-hydrogen) atoms. The van der Waals surface area contributed by atoms with Gasteiger partial charge >= 0.3 is 0 Å². The van der Waals surface area contributed by atoms with Crippen molar-refractivity contribution in [2.75, 3.05) is 6.54 Å². The van der Waals surface area contributed by atoms with Crippen molar-refractivity contribution in [3.05, 3.63) is 0 Å². The number of carbonyl (C=O) groups is 1. The minimum atomic E-state index is -0.106. The number of amides is 1. The van der Waals surface area contributed by atoms with Crippen LogP contribution in [-0.4, -0.2) is 17.6 Å². The summed E-state index contributed by atoms with van der Waals surface area (Å²) in [4.78, 5) is 13.7. The number of hydrogen-bond acceptors (Lipinski definition) is 3. The number of aliphatic imine (C=N–C) groups is 1. The van der Waals surface area contributed by atoms with E-state index in [2.05, 4.69) is 22.9 Å². The summed E-state index contributed by atoms with van der Waals surface area (Å²) in [5.41, 5.74) is 0. The quantitative estimate of drug-likeness (QED) is 0.412. The molecule has 0 radical (unpaired) electrons. The minimum Gasteiger partial charge on any atom is -0.743 e. The van der Waals surface area contributed by atoms with E-state index >= 15 is 0 Å². The lowest BCUT2D eigenvalue weighted by atomic mass is 10.7. The van der Waals surface area contributed by atoms with Crippen molar-refractivity contribution >= 4 is 23.7 Å². The molecular weight excluding hydrogens is 112 g/mol. The highest BCUT2D eigenvalue weighted by Crippen LogP contribution is 1.81. The van der Waals surface area contributed by atoms with E-state index in [-0.39, 0.29) is 12.5 Å². The van der Waals surface area contributed by atoms with Gasteiger partial charge in [0.1, 0.15) is 6.54 Å². The van der Waals surface area contributed by atoms with Crippen molar-refractivity contribution in [2.45, 2.75) is 0 Å². The largest absolute Gasteiger partial charge is 0.743 e. The molecule has 0 fully saturated rings. The van der Waals surface area contributed by atoms with Crippen molar-refractivity contribution < 1.29 is 4.79 Å². The maximum Gasteiger partial charge on any atom is 0.245 e. The molecule has 0 unspecified atom stereocenters. The molecule has 0 aromatic carbocycles.